The van der Waals surface area contributed by atoms with Gasteiger partial charge in [-0.25, -0.2) is 0 Å². The third-order valence-corrected chi connectivity index (χ3v) is 0. The van der Waals surface area contributed by atoms with Gasteiger partial charge in [-0.05, 0) is 0 Å². The summed E-state index contributed by atoms with van der Waals surface area (Å²) in [6.45, 7) is 0. The Morgan fingerprint density at radius 2 is 0.500 bits per heavy atom. The molecular weight excluding hydrogens is 154 g/mol. The largest absolute Gasteiger partial charge is 2.00 e. The van der Waals surface area contributed by atoms with E-state index in [1.807, 2.05) is 0 Å². The van der Waals surface area contributed by atoms with E-state index in [1.54, 1.807) is 0 Å². The second-order valence-electron chi connectivity index (χ2n) is 0. The molecule has 0 N–H and O–H groups in total. The summed E-state index contributed by atoms with van der Waals surface area (Å²) in [6.07, 6.45) is 0. The van der Waals surface area contributed by atoms with Crippen molar-refractivity contribution in [3.63, 3.8) is 0 Å². The Hall–Kier alpha value is 1.58. The number of hydrogen-bond donors (Lipinski definition) is 0. The third kappa shape index (κ3) is 9.54. The second-order valence-corrected chi connectivity index (χ2v) is 0. The van der Waals surface area contributed by atoms with Crippen molar-refractivity contribution in [2.75, 3.05) is 0 Å². The first-order chi connectivity index (χ1) is 0. The van der Waals surface area contributed by atoms with Crippen LogP contribution in [0.25, 0.3) is 0 Å². The van der Waals surface area contributed by atoms with Crippen molar-refractivity contribution in [2.24, 2.45) is 0 Å². The molecule has 0 unspecified atom stereocenters. The van der Waals surface area contributed by atoms with Crippen LogP contribution in [0.15, 0.2) is 0 Å². The van der Waals surface area contributed by atoms with Crippen LogP contribution in [0.5, 0.6) is 0 Å². The first kappa shape index (κ1) is 46.8. The van der Waals surface area contributed by atoms with Crippen LogP contribution in [0.1, 0.15) is 0 Å². The Balaban J connectivity index is 0. The van der Waals surface area contributed by atoms with E-state index in [0.29, 0.717) is 0 Å². The number of halogens is 3. The topological polar surface area (TPSA) is 0 Å². The molecule has 4 heteroatoms. The van der Waals surface area contributed by atoms with E-state index in [0.717, 1.165) is 0 Å². The van der Waals surface area contributed by atoms with Gasteiger partial charge in [0.1, 0.15) is 0 Å². The van der Waals surface area contributed by atoms with Gasteiger partial charge in [0, 0.05) is 0 Å². The molecule has 4 heavy (non-hydrogen) atoms. The normalized spacial score (nSPS) is 0. The van der Waals surface area contributed by atoms with Gasteiger partial charge in [0.2, 0.25) is 0 Å². The summed E-state index contributed by atoms with van der Waals surface area (Å²) in [5, 5.41) is 0. The molecule has 0 radical (unpaired) electrons. The average Bonchev–Trinajstić information content (AvgIpc) is 0. The first-order valence-electron chi connectivity index (χ1n) is 0. The molecule has 0 aromatic rings. The minimum atomic E-state index is 0. The molecule has 0 aromatic heterocycles. The molecule has 0 saturated heterocycles. The molecule has 0 aliphatic carbocycles. The van der Waals surface area contributed by atoms with Crippen LogP contribution in [0, 0.1) is 0 Å². The molecule has 0 amide bonds. The van der Waals surface area contributed by atoms with Crippen LogP contribution in [-0.2, 0) is 21.7 Å². The standard InChI is InChI=1S/3ClH.Ti/h3*1H;/q;;;+2/p-3. The van der Waals surface area contributed by atoms with Crippen molar-refractivity contribution >= 4 is 0 Å². The van der Waals surface area contributed by atoms with Gasteiger partial charge >= 0.3 is 21.7 Å². The van der Waals surface area contributed by atoms with E-state index < -0.39 is 0 Å². The molecule has 0 bridgehead atoms. The fourth-order valence-electron chi connectivity index (χ4n) is 0. The predicted octanol–water partition coefficient (Wildman–Crippen LogP) is -8.99. The maximum absolute atomic E-state index is 0. The molecule has 0 aromatic carbocycles. The summed E-state index contributed by atoms with van der Waals surface area (Å²) in [7, 11) is 0. The Labute approximate surface area is 58.8 Å². The molecule has 0 aliphatic heterocycles. The van der Waals surface area contributed by atoms with Crippen molar-refractivity contribution in [1.29, 1.82) is 0 Å². The number of rotatable bonds is 0. The quantitative estimate of drug-likeness (QED) is 0.304. The van der Waals surface area contributed by atoms with E-state index >= 15 is 0 Å². The Bertz CT molecular complexity index is 3.25. The first-order valence-corrected chi connectivity index (χ1v) is 0. The molecule has 0 saturated carbocycles. The molecule has 0 fully saturated rings. The van der Waals surface area contributed by atoms with Gasteiger partial charge in [0.05, 0.1) is 0 Å². The smallest absolute Gasteiger partial charge is 1.00 e. The molecule has 0 spiro atoms. The van der Waals surface area contributed by atoms with Crippen molar-refractivity contribution in [3.05, 3.63) is 0 Å². The summed E-state index contributed by atoms with van der Waals surface area (Å²) in [4.78, 5) is 0. The van der Waals surface area contributed by atoms with Crippen molar-refractivity contribution in [3.8, 4) is 0 Å². The molecular formula is Cl3Ti-. The fourth-order valence-corrected chi connectivity index (χ4v) is 0. The van der Waals surface area contributed by atoms with Gasteiger partial charge < -0.3 is 37.2 Å². The summed E-state index contributed by atoms with van der Waals surface area (Å²) in [6, 6.07) is 0. The van der Waals surface area contributed by atoms with E-state index in [1.165, 1.54) is 0 Å². The van der Waals surface area contributed by atoms with Gasteiger partial charge in [0.15, 0.2) is 0 Å². The predicted molar refractivity (Wildman–Crippen MR) is 0 cm³/mol. The van der Waals surface area contributed by atoms with Gasteiger partial charge in [0.25, 0.3) is 0 Å². The van der Waals surface area contributed by atoms with Crippen molar-refractivity contribution in [1.82, 2.24) is 0 Å². The van der Waals surface area contributed by atoms with Crippen molar-refractivity contribution in [2.45, 2.75) is 0 Å². The van der Waals surface area contributed by atoms with Gasteiger partial charge in [-0.3, -0.25) is 0 Å². The molecule has 0 nitrogen and oxygen atoms in total. The second kappa shape index (κ2) is 23.5. The van der Waals surface area contributed by atoms with Gasteiger partial charge in [-0.15, -0.1) is 0 Å². The van der Waals surface area contributed by atoms with Crippen LogP contribution >= 0.6 is 0 Å². The average molecular weight is 154 g/mol. The Morgan fingerprint density at radius 3 is 0.500 bits per heavy atom. The van der Waals surface area contributed by atoms with E-state index in [-0.39, 0.29) is 58.9 Å². The molecule has 26 valence electrons. The van der Waals surface area contributed by atoms with Crippen LogP contribution < -0.4 is 37.2 Å². The van der Waals surface area contributed by atoms with E-state index in [2.05, 4.69) is 0 Å². The zero-order valence-electron chi connectivity index (χ0n) is 1.63. The van der Waals surface area contributed by atoms with Crippen LogP contribution in [0.2, 0.25) is 0 Å². The van der Waals surface area contributed by atoms with Crippen LogP contribution in [-0.4, -0.2) is 0 Å². The van der Waals surface area contributed by atoms with Crippen LogP contribution in [0.3, 0.4) is 0 Å². The van der Waals surface area contributed by atoms with E-state index in [9.17, 15) is 0 Å². The summed E-state index contributed by atoms with van der Waals surface area (Å²) in [5.74, 6) is 0. The van der Waals surface area contributed by atoms with Gasteiger partial charge in [-0.1, -0.05) is 0 Å². The third-order valence-electron chi connectivity index (χ3n) is 0. The minimum absolute atomic E-state index is 0. The summed E-state index contributed by atoms with van der Waals surface area (Å²) in [5.41, 5.74) is 0. The molecule has 0 atom stereocenters. The van der Waals surface area contributed by atoms with Gasteiger partial charge in [-0.2, -0.15) is 0 Å². The SMILES string of the molecule is [Cl-].[Cl-].[Cl-].[Ti+2]. The fraction of sp³-hybridized carbons (Fsp3) is 0. The summed E-state index contributed by atoms with van der Waals surface area (Å²) < 4.78 is 0. The van der Waals surface area contributed by atoms with Crippen LogP contribution in [0.4, 0.5) is 0 Å². The van der Waals surface area contributed by atoms with E-state index in [4.69, 9.17) is 0 Å². The zero-order valence-corrected chi connectivity index (χ0v) is 5.46. The zero-order chi connectivity index (χ0) is 0. The van der Waals surface area contributed by atoms with Crippen molar-refractivity contribution < 1.29 is 58.9 Å². The summed E-state index contributed by atoms with van der Waals surface area (Å²) >= 11 is 0. The molecule has 0 aliphatic rings. The molecule has 0 heterocycles. The maximum atomic E-state index is 0. The maximum Gasteiger partial charge on any atom is 2.00 e. The minimum Gasteiger partial charge on any atom is -1.00 e. The Morgan fingerprint density at radius 1 is 0.500 bits per heavy atom. The Kier molecular flexibility index (Phi) is 274. The number of hydrogen-bond acceptors (Lipinski definition) is 0. The monoisotopic (exact) mass is 153 g/mol. The molecule has 0 rings (SSSR count).